The molecule has 1 aromatic heterocycles. The Kier molecular flexibility index (Phi) is 3.86. The third kappa shape index (κ3) is 3.12. The van der Waals surface area contributed by atoms with Crippen molar-refractivity contribution in [3.05, 3.63) is 36.2 Å². The van der Waals surface area contributed by atoms with Crippen LogP contribution in [0.1, 0.15) is 0 Å². The summed E-state index contributed by atoms with van der Waals surface area (Å²) >= 11 is 0. The average Bonchev–Trinajstić information content (AvgIpc) is 2.31. The Labute approximate surface area is 87.0 Å². The predicted octanol–water partition coefficient (Wildman–Crippen LogP) is 1.07. The van der Waals surface area contributed by atoms with Crippen LogP contribution in [0.15, 0.2) is 36.2 Å². The molecule has 0 unspecified atom stereocenters. The van der Waals surface area contributed by atoms with Gasteiger partial charge < -0.3 is 10.1 Å². The molecule has 0 radical (unpaired) electrons. The van der Waals surface area contributed by atoms with Crippen LogP contribution in [0.25, 0.3) is 0 Å². The van der Waals surface area contributed by atoms with Crippen molar-refractivity contribution in [2.75, 3.05) is 12.4 Å². The number of nitrogens with one attached hydrogen (secondary N) is 1. The van der Waals surface area contributed by atoms with Crippen LogP contribution in [0.4, 0.5) is 5.82 Å². The Morgan fingerprint density at radius 2 is 2.47 bits per heavy atom. The van der Waals surface area contributed by atoms with Crippen molar-refractivity contribution in [3.8, 4) is 6.07 Å². The van der Waals surface area contributed by atoms with Crippen molar-refractivity contribution in [1.82, 2.24) is 4.98 Å². The number of anilines is 1. The first-order chi connectivity index (χ1) is 7.27. The standard InChI is InChI=1S/C10H9N3O2/c1-15-10(14)8(6-11)7-13-9-4-2-3-5-12-9/h2-5,7H,1H3,(H,12,13). The van der Waals surface area contributed by atoms with Crippen LogP contribution in [0, 0.1) is 11.3 Å². The lowest BCUT2D eigenvalue weighted by Crippen LogP contribution is -2.05. The van der Waals surface area contributed by atoms with E-state index in [0.29, 0.717) is 5.82 Å². The van der Waals surface area contributed by atoms with Crippen LogP contribution in [-0.4, -0.2) is 18.1 Å². The van der Waals surface area contributed by atoms with Gasteiger partial charge in [0.1, 0.15) is 11.9 Å². The number of esters is 1. The van der Waals surface area contributed by atoms with Crippen LogP contribution >= 0.6 is 0 Å². The highest BCUT2D eigenvalue weighted by Crippen LogP contribution is 2.02. The summed E-state index contributed by atoms with van der Waals surface area (Å²) in [5.74, 6) is -0.130. The molecule has 0 saturated carbocycles. The van der Waals surface area contributed by atoms with Gasteiger partial charge in [-0.3, -0.25) is 0 Å². The monoisotopic (exact) mass is 203 g/mol. The number of hydrogen-bond donors (Lipinski definition) is 1. The summed E-state index contributed by atoms with van der Waals surface area (Å²) in [4.78, 5) is 14.9. The van der Waals surface area contributed by atoms with E-state index in [1.807, 2.05) is 0 Å². The molecule has 5 nitrogen and oxygen atoms in total. The van der Waals surface area contributed by atoms with Gasteiger partial charge in [-0.2, -0.15) is 5.26 Å². The zero-order chi connectivity index (χ0) is 11.1. The van der Waals surface area contributed by atoms with Crippen LogP contribution < -0.4 is 5.32 Å². The summed E-state index contributed by atoms with van der Waals surface area (Å²) in [7, 11) is 1.22. The Hall–Kier alpha value is -2.35. The lowest BCUT2D eigenvalue weighted by atomic mass is 10.3. The maximum absolute atomic E-state index is 11.0. The molecule has 1 N–H and O–H groups in total. The van der Waals surface area contributed by atoms with Crippen molar-refractivity contribution < 1.29 is 9.53 Å². The van der Waals surface area contributed by atoms with E-state index in [1.54, 1.807) is 30.5 Å². The van der Waals surface area contributed by atoms with Crippen molar-refractivity contribution in [2.24, 2.45) is 0 Å². The molecule has 15 heavy (non-hydrogen) atoms. The molecule has 0 aliphatic carbocycles. The molecule has 0 atom stereocenters. The summed E-state index contributed by atoms with van der Waals surface area (Å²) in [5, 5.41) is 11.3. The number of methoxy groups -OCH3 is 1. The molecule has 1 heterocycles. The minimum atomic E-state index is -0.680. The second-order valence-electron chi connectivity index (χ2n) is 2.52. The molecule has 1 aromatic rings. The molecule has 0 amide bonds. The van der Waals surface area contributed by atoms with Crippen molar-refractivity contribution in [2.45, 2.75) is 0 Å². The van der Waals surface area contributed by atoms with E-state index in [4.69, 9.17) is 5.26 Å². The second-order valence-corrected chi connectivity index (χ2v) is 2.52. The molecule has 0 aliphatic heterocycles. The normalized spacial score (nSPS) is 10.3. The molecule has 1 rings (SSSR count). The Bertz CT molecular complexity index is 406. The number of nitriles is 1. The van der Waals surface area contributed by atoms with Crippen LogP contribution in [0.5, 0.6) is 0 Å². The van der Waals surface area contributed by atoms with Crippen LogP contribution in [0.2, 0.25) is 0 Å². The molecule has 5 heteroatoms. The van der Waals surface area contributed by atoms with E-state index in [0.717, 1.165) is 0 Å². The van der Waals surface area contributed by atoms with Gasteiger partial charge in [0, 0.05) is 12.4 Å². The van der Waals surface area contributed by atoms with Gasteiger partial charge in [0.2, 0.25) is 0 Å². The number of pyridine rings is 1. The topological polar surface area (TPSA) is 75.0 Å². The maximum atomic E-state index is 11.0. The number of aromatic nitrogens is 1. The van der Waals surface area contributed by atoms with Gasteiger partial charge in [0.05, 0.1) is 7.11 Å². The molecule has 0 saturated heterocycles. The summed E-state index contributed by atoms with van der Waals surface area (Å²) < 4.78 is 4.40. The number of hydrogen-bond acceptors (Lipinski definition) is 5. The second kappa shape index (κ2) is 5.40. The molecular formula is C10H9N3O2. The Morgan fingerprint density at radius 3 is 3.00 bits per heavy atom. The van der Waals surface area contributed by atoms with Gasteiger partial charge in [-0.25, -0.2) is 9.78 Å². The van der Waals surface area contributed by atoms with E-state index in [-0.39, 0.29) is 5.57 Å². The highest BCUT2D eigenvalue weighted by atomic mass is 16.5. The number of ether oxygens (including phenoxy) is 1. The lowest BCUT2D eigenvalue weighted by molar-refractivity contribution is -0.135. The third-order valence-electron chi connectivity index (χ3n) is 1.56. The minimum absolute atomic E-state index is 0.108. The first-order valence-corrected chi connectivity index (χ1v) is 4.14. The van der Waals surface area contributed by atoms with Gasteiger partial charge in [-0.15, -0.1) is 0 Å². The average molecular weight is 203 g/mol. The predicted molar refractivity (Wildman–Crippen MR) is 53.6 cm³/mol. The molecular weight excluding hydrogens is 194 g/mol. The smallest absolute Gasteiger partial charge is 0.350 e. The summed E-state index contributed by atoms with van der Waals surface area (Å²) in [6, 6.07) is 6.98. The van der Waals surface area contributed by atoms with E-state index in [1.165, 1.54) is 13.3 Å². The SMILES string of the molecule is COC(=O)C(C#N)=CNc1ccccn1. The van der Waals surface area contributed by atoms with Gasteiger partial charge in [-0.1, -0.05) is 6.07 Å². The summed E-state index contributed by atoms with van der Waals surface area (Å²) in [5.41, 5.74) is -0.108. The summed E-state index contributed by atoms with van der Waals surface area (Å²) in [6.45, 7) is 0. The van der Waals surface area contributed by atoms with Crippen molar-refractivity contribution in [1.29, 1.82) is 5.26 Å². The summed E-state index contributed by atoms with van der Waals surface area (Å²) in [6.07, 6.45) is 2.86. The quantitative estimate of drug-likeness (QED) is 0.452. The van der Waals surface area contributed by atoms with Gasteiger partial charge in [-0.05, 0) is 12.1 Å². The van der Waals surface area contributed by atoms with Crippen LogP contribution in [-0.2, 0) is 9.53 Å². The lowest BCUT2D eigenvalue weighted by Gasteiger charge is -1.99. The van der Waals surface area contributed by atoms with Gasteiger partial charge in [0.25, 0.3) is 0 Å². The fourth-order valence-corrected chi connectivity index (χ4v) is 0.841. The molecule has 0 fully saturated rings. The largest absolute Gasteiger partial charge is 0.465 e. The molecule has 0 aliphatic rings. The molecule has 76 valence electrons. The molecule has 0 bridgehead atoms. The molecule has 0 aromatic carbocycles. The zero-order valence-electron chi connectivity index (χ0n) is 8.10. The highest BCUT2D eigenvalue weighted by Gasteiger charge is 2.07. The van der Waals surface area contributed by atoms with E-state index in [9.17, 15) is 4.79 Å². The third-order valence-corrected chi connectivity index (χ3v) is 1.56. The number of carbonyl (C=O) groups excluding carboxylic acids is 1. The number of carbonyl (C=O) groups is 1. The fourth-order valence-electron chi connectivity index (χ4n) is 0.841. The number of nitrogens with zero attached hydrogens (tertiary/aromatic N) is 2. The Balaban J connectivity index is 2.72. The van der Waals surface area contributed by atoms with Gasteiger partial charge >= 0.3 is 5.97 Å². The zero-order valence-corrected chi connectivity index (χ0v) is 8.10. The minimum Gasteiger partial charge on any atom is -0.465 e. The van der Waals surface area contributed by atoms with E-state index >= 15 is 0 Å². The van der Waals surface area contributed by atoms with E-state index in [2.05, 4.69) is 15.0 Å². The first-order valence-electron chi connectivity index (χ1n) is 4.14. The van der Waals surface area contributed by atoms with Crippen molar-refractivity contribution >= 4 is 11.8 Å². The maximum Gasteiger partial charge on any atom is 0.350 e. The highest BCUT2D eigenvalue weighted by molar-refractivity contribution is 5.92. The molecule has 0 spiro atoms. The fraction of sp³-hybridized carbons (Fsp3) is 0.100. The first kappa shape index (κ1) is 10.7. The Morgan fingerprint density at radius 1 is 1.67 bits per heavy atom. The van der Waals surface area contributed by atoms with E-state index < -0.39 is 5.97 Å². The number of rotatable bonds is 3. The van der Waals surface area contributed by atoms with Gasteiger partial charge in [0.15, 0.2) is 5.57 Å². The van der Waals surface area contributed by atoms with Crippen LogP contribution in [0.3, 0.4) is 0 Å². The van der Waals surface area contributed by atoms with Crippen molar-refractivity contribution in [3.63, 3.8) is 0 Å².